The molecule has 0 aliphatic rings. The maximum atomic E-state index is 3.41. The van der Waals surface area contributed by atoms with Crippen molar-refractivity contribution in [3.05, 3.63) is 52.3 Å². The van der Waals surface area contributed by atoms with E-state index in [-0.39, 0.29) is 0 Å². The Morgan fingerprint density at radius 3 is 2.53 bits per heavy atom. The van der Waals surface area contributed by atoms with Crippen LogP contribution in [0.25, 0.3) is 5.69 Å². The van der Waals surface area contributed by atoms with Gasteiger partial charge in [-0.1, -0.05) is 19.1 Å². The molecule has 2 rings (SSSR count). The van der Waals surface area contributed by atoms with Crippen LogP contribution in [-0.4, -0.2) is 11.1 Å². The zero-order chi connectivity index (χ0) is 14.0. The summed E-state index contributed by atoms with van der Waals surface area (Å²) in [7, 11) is 0. The summed E-state index contributed by atoms with van der Waals surface area (Å²) < 4.78 is 2.37. The lowest BCUT2D eigenvalue weighted by atomic mass is 10.1. The molecule has 2 heteroatoms. The molecule has 0 spiro atoms. The number of aryl methyl sites for hydroxylation is 2. The van der Waals surface area contributed by atoms with Gasteiger partial charge in [-0.2, -0.15) is 0 Å². The van der Waals surface area contributed by atoms with E-state index in [4.69, 9.17) is 0 Å². The Morgan fingerprint density at radius 1 is 1.11 bits per heavy atom. The minimum atomic E-state index is 0.945. The lowest BCUT2D eigenvalue weighted by Crippen LogP contribution is -2.12. The van der Waals surface area contributed by atoms with Crippen LogP contribution < -0.4 is 5.32 Å². The minimum absolute atomic E-state index is 0.945. The van der Waals surface area contributed by atoms with Crippen molar-refractivity contribution in [3.63, 3.8) is 0 Å². The number of rotatable bonds is 4. The number of benzene rings is 1. The van der Waals surface area contributed by atoms with Gasteiger partial charge in [0.05, 0.1) is 0 Å². The molecule has 102 valence electrons. The maximum Gasteiger partial charge on any atom is 0.0486 e. The van der Waals surface area contributed by atoms with Crippen molar-refractivity contribution in [2.75, 3.05) is 6.54 Å². The summed E-state index contributed by atoms with van der Waals surface area (Å²) in [6, 6.07) is 8.81. The van der Waals surface area contributed by atoms with Gasteiger partial charge in [0.2, 0.25) is 0 Å². The third-order valence-electron chi connectivity index (χ3n) is 3.92. The van der Waals surface area contributed by atoms with Crippen LogP contribution in [0.1, 0.15) is 35.0 Å². The fourth-order valence-electron chi connectivity index (χ4n) is 2.62. The highest BCUT2D eigenvalue weighted by Crippen LogP contribution is 2.24. The lowest BCUT2D eigenvalue weighted by molar-refractivity contribution is 0.722. The molecule has 0 unspecified atom stereocenters. The molecule has 1 heterocycles. The van der Waals surface area contributed by atoms with Gasteiger partial charge in [-0.05, 0) is 63.1 Å². The largest absolute Gasteiger partial charge is 0.318 e. The van der Waals surface area contributed by atoms with Crippen molar-refractivity contribution in [3.8, 4) is 5.69 Å². The molecule has 0 fully saturated rings. The van der Waals surface area contributed by atoms with Crippen molar-refractivity contribution in [1.82, 2.24) is 9.88 Å². The van der Waals surface area contributed by atoms with Crippen LogP contribution in [0, 0.1) is 27.7 Å². The first kappa shape index (κ1) is 13.9. The molecule has 0 atom stereocenters. The first-order chi connectivity index (χ1) is 9.06. The number of aromatic nitrogens is 1. The smallest absolute Gasteiger partial charge is 0.0486 e. The van der Waals surface area contributed by atoms with E-state index in [1.807, 2.05) is 0 Å². The zero-order valence-electron chi connectivity index (χ0n) is 12.7. The molecule has 1 aromatic heterocycles. The van der Waals surface area contributed by atoms with E-state index >= 15 is 0 Å². The van der Waals surface area contributed by atoms with E-state index in [2.05, 4.69) is 68.8 Å². The van der Waals surface area contributed by atoms with Crippen LogP contribution in [0.5, 0.6) is 0 Å². The second-order valence-electron chi connectivity index (χ2n) is 5.23. The van der Waals surface area contributed by atoms with Crippen LogP contribution in [0.4, 0.5) is 0 Å². The van der Waals surface area contributed by atoms with Crippen LogP contribution in [0.2, 0.25) is 0 Å². The Bertz CT molecular complexity index is 579. The normalized spacial score (nSPS) is 11.0. The van der Waals surface area contributed by atoms with Crippen molar-refractivity contribution < 1.29 is 0 Å². The molecule has 0 radical (unpaired) electrons. The molecule has 2 aromatic rings. The third-order valence-corrected chi connectivity index (χ3v) is 3.92. The molecule has 19 heavy (non-hydrogen) atoms. The number of hydrogen-bond donors (Lipinski definition) is 1. The maximum absolute atomic E-state index is 3.41. The first-order valence-electron chi connectivity index (χ1n) is 7.01. The van der Waals surface area contributed by atoms with Crippen molar-refractivity contribution in [1.29, 1.82) is 0 Å². The molecule has 0 amide bonds. The topological polar surface area (TPSA) is 17.0 Å². The lowest BCUT2D eigenvalue weighted by Gasteiger charge is -2.14. The van der Waals surface area contributed by atoms with E-state index < -0.39 is 0 Å². The second kappa shape index (κ2) is 5.62. The Kier molecular flexibility index (Phi) is 4.11. The van der Waals surface area contributed by atoms with Crippen molar-refractivity contribution in [2.45, 2.75) is 41.2 Å². The molecule has 1 N–H and O–H groups in total. The van der Waals surface area contributed by atoms with Gasteiger partial charge in [0.1, 0.15) is 0 Å². The van der Waals surface area contributed by atoms with E-state index in [1.165, 1.54) is 33.8 Å². The molecular weight excluding hydrogens is 232 g/mol. The molecular formula is C17H24N2. The summed E-state index contributed by atoms with van der Waals surface area (Å²) >= 11 is 0. The van der Waals surface area contributed by atoms with E-state index in [0.29, 0.717) is 0 Å². The Labute approximate surface area is 116 Å². The predicted octanol–water partition coefficient (Wildman–Crippen LogP) is 3.82. The van der Waals surface area contributed by atoms with Crippen LogP contribution in [-0.2, 0) is 6.54 Å². The highest BCUT2D eigenvalue weighted by atomic mass is 15.0. The summed E-state index contributed by atoms with van der Waals surface area (Å²) in [5.41, 5.74) is 8.04. The standard InChI is InChI=1S/C17H24N2/c1-6-18-11-16-10-13(3)19(15(16)5)17-9-7-8-12(2)14(17)4/h7-10,18H,6,11H2,1-5H3. The Hall–Kier alpha value is -1.54. The molecule has 0 saturated heterocycles. The molecule has 0 aliphatic carbocycles. The highest BCUT2D eigenvalue weighted by molar-refractivity contribution is 5.49. The Morgan fingerprint density at radius 2 is 1.84 bits per heavy atom. The zero-order valence-corrected chi connectivity index (χ0v) is 12.7. The molecule has 0 bridgehead atoms. The van der Waals surface area contributed by atoms with Gasteiger partial charge in [-0.15, -0.1) is 0 Å². The van der Waals surface area contributed by atoms with Gasteiger partial charge in [-0.3, -0.25) is 0 Å². The third kappa shape index (κ3) is 2.59. The van der Waals surface area contributed by atoms with Gasteiger partial charge < -0.3 is 9.88 Å². The van der Waals surface area contributed by atoms with Crippen molar-refractivity contribution >= 4 is 0 Å². The van der Waals surface area contributed by atoms with Gasteiger partial charge in [-0.25, -0.2) is 0 Å². The fraction of sp³-hybridized carbons (Fsp3) is 0.412. The van der Waals surface area contributed by atoms with E-state index in [1.54, 1.807) is 0 Å². The fourth-order valence-corrected chi connectivity index (χ4v) is 2.62. The molecule has 0 saturated carbocycles. The number of hydrogen-bond acceptors (Lipinski definition) is 1. The minimum Gasteiger partial charge on any atom is -0.318 e. The van der Waals surface area contributed by atoms with Crippen LogP contribution >= 0.6 is 0 Å². The summed E-state index contributed by atoms with van der Waals surface area (Å²) in [4.78, 5) is 0. The SMILES string of the molecule is CCNCc1cc(C)n(-c2cccc(C)c2C)c1C. The van der Waals surface area contributed by atoms with E-state index in [9.17, 15) is 0 Å². The summed E-state index contributed by atoms with van der Waals surface area (Å²) in [5, 5.41) is 3.41. The van der Waals surface area contributed by atoms with Gasteiger partial charge in [0, 0.05) is 23.6 Å². The number of nitrogens with one attached hydrogen (secondary N) is 1. The molecule has 2 nitrogen and oxygen atoms in total. The summed E-state index contributed by atoms with van der Waals surface area (Å²) in [6.45, 7) is 12.9. The number of nitrogens with zero attached hydrogens (tertiary/aromatic N) is 1. The molecule has 0 aliphatic heterocycles. The monoisotopic (exact) mass is 256 g/mol. The first-order valence-corrected chi connectivity index (χ1v) is 7.01. The van der Waals surface area contributed by atoms with Crippen LogP contribution in [0.3, 0.4) is 0 Å². The second-order valence-corrected chi connectivity index (χ2v) is 5.23. The average molecular weight is 256 g/mol. The Balaban J connectivity index is 2.50. The van der Waals surface area contributed by atoms with Gasteiger partial charge in [0.25, 0.3) is 0 Å². The average Bonchev–Trinajstić information content (AvgIpc) is 2.66. The summed E-state index contributed by atoms with van der Waals surface area (Å²) in [5.74, 6) is 0. The predicted molar refractivity (Wildman–Crippen MR) is 82.1 cm³/mol. The van der Waals surface area contributed by atoms with E-state index in [0.717, 1.165) is 13.1 Å². The highest BCUT2D eigenvalue weighted by Gasteiger charge is 2.12. The van der Waals surface area contributed by atoms with Crippen molar-refractivity contribution in [2.24, 2.45) is 0 Å². The van der Waals surface area contributed by atoms with Crippen LogP contribution in [0.15, 0.2) is 24.3 Å². The quantitative estimate of drug-likeness (QED) is 0.880. The van der Waals surface area contributed by atoms with Gasteiger partial charge in [0.15, 0.2) is 0 Å². The van der Waals surface area contributed by atoms with Gasteiger partial charge >= 0.3 is 0 Å². The summed E-state index contributed by atoms with van der Waals surface area (Å²) in [6.07, 6.45) is 0. The molecule has 1 aromatic carbocycles.